The molecule has 0 aliphatic heterocycles. The van der Waals surface area contributed by atoms with Gasteiger partial charge in [0.15, 0.2) is 0 Å². The van der Waals surface area contributed by atoms with E-state index in [1.165, 1.54) is 35.6 Å². The minimum absolute atomic E-state index is 0.665. The van der Waals surface area contributed by atoms with Crippen LogP contribution in [0.2, 0.25) is 0 Å². The summed E-state index contributed by atoms with van der Waals surface area (Å²) in [6, 6.07) is 49.9. The Labute approximate surface area is 292 Å². The van der Waals surface area contributed by atoms with Crippen LogP contribution in [0.15, 0.2) is 144 Å². The van der Waals surface area contributed by atoms with Gasteiger partial charge in [0.05, 0.1) is 16.7 Å². The summed E-state index contributed by atoms with van der Waals surface area (Å²) in [6.45, 7) is 0. The zero-order valence-electron chi connectivity index (χ0n) is 26.3. The SMILES string of the molecule is c1ccc2c(c1)oc1c3cc4c(cc3ccc21)c1ccccc1n4-c1nc(-c2ccc3c(c2)sc2ccccc23)c2c(n1)sc1ccccc12. The number of furan rings is 1. The standard InChI is InChI=1S/C44H23N3OS2/c1-5-13-34-26(9-1)33-21-24-17-20-30-27-10-2-6-14-36(27)48-42(30)32(24)23-35(33)47(34)44-45-41(40-31-12-4-8-16-38(31)50-43(40)46-44)25-18-19-29-28-11-3-7-15-37(28)49-39(29)22-25/h1-23H. The van der Waals surface area contributed by atoms with E-state index in [0.29, 0.717) is 5.95 Å². The van der Waals surface area contributed by atoms with Gasteiger partial charge in [0.1, 0.15) is 16.0 Å². The average molecular weight is 674 g/mol. The third-order valence-corrected chi connectivity index (χ3v) is 12.4. The van der Waals surface area contributed by atoms with Crippen LogP contribution >= 0.6 is 22.7 Å². The Morgan fingerprint density at radius 2 is 1.20 bits per heavy atom. The molecule has 0 saturated carbocycles. The molecule has 0 unspecified atom stereocenters. The minimum Gasteiger partial charge on any atom is -0.455 e. The van der Waals surface area contributed by atoms with Gasteiger partial charge < -0.3 is 4.42 Å². The van der Waals surface area contributed by atoms with Crippen molar-refractivity contribution in [3.8, 4) is 17.2 Å². The normalized spacial score (nSPS) is 12.4. The molecule has 7 aromatic carbocycles. The first-order chi connectivity index (χ1) is 24.8. The number of hydrogen-bond donors (Lipinski definition) is 0. The lowest BCUT2D eigenvalue weighted by atomic mass is 10.0. The van der Waals surface area contributed by atoms with Gasteiger partial charge in [-0.15, -0.1) is 22.7 Å². The van der Waals surface area contributed by atoms with E-state index in [-0.39, 0.29) is 0 Å². The number of para-hydroxylation sites is 2. The van der Waals surface area contributed by atoms with E-state index in [1.807, 2.05) is 23.5 Å². The number of hydrogen-bond acceptors (Lipinski definition) is 5. The Bertz CT molecular complexity index is 3400. The molecule has 0 fully saturated rings. The van der Waals surface area contributed by atoms with Gasteiger partial charge in [-0.1, -0.05) is 91.0 Å². The number of benzene rings is 7. The predicted octanol–water partition coefficient (Wildman–Crippen LogP) is 13.0. The molecule has 0 spiro atoms. The van der Waals surface area contributed by atoms with Gasteiger partial charge in [-0.3, -0.25) is 4.57 Å². The largest absolute Gasteiger partial charge is 0.455 e. The number of aromatic nitrogens is 3. The molecule has 0 radical (unpaired) electrons. The lowest BCUT2D eigenvalue weighted by Crippen LogP contribution is -2.02. The van der Waals surface area contributed by atoms with Gasteiger partial charge in [-0.2, -0.15) is 0 Å². The molecular formula is C44H23N3OS2. The molecule has 0 aliphatic carbocycles. The molecule has 0 atom stereocenters. The molecule has 0 aliphatic rings. The van der Waals surface area contributed by atoms with E-state index in [9.17, 15) is 0 Å². The summed E-state index contributed by atoms with van der Waals surface area (Å²) in [5, 5.41) is 11.7. The highest BCUT2D eigenvalue weighted by molar-refractivity contribution is 7.26. The molecule has 0 N–H and O–H groups in total. The van der Waals surface area contributed by atoms with E-state index in [0.717, 1.165) is 70.6 Å². The monoisotopic (exact) mass is 673 g/mol. The number of thiophene rings is 2. The molecule has 0 bridgehead atoms. The second kappa shape index (κ2) is 9.76. The third-order valence-electron chi connectivity index (χ3n) is 10.2. The van der Waals surface area contributed by atoms with Gasteiger partial charge in [0, 0.05) is 68.1 Å². The van der Waals surface area contributed by atoms with E-state index < -0.39 is 0 Å². The van der Waals surface area contributed by atoms with Crippen molar-refractivity contribution in [1.82, 2.24) is 14.5 Å². The molecule has 5 heterocycles. The smallest absolute Gasteiger partial charge is 0.236 e. The molecular weight excluding hydrogens is 651 g/mol. The first-order valence-electron chi connectivity index (χ1n) is 16.7. The minimum atomic E-state index is 0.665. The van der Waals surface area contributed by atoms with Crippen LogP contribution in [0.3, 0.4) is 0 Å². The third kappa shape index (κ3) is 3.59. The van der Waals surface area contributed by atoms with Crippen molar-refractivity contribution in [2.24, 2.45) is 0 Å². The van der Waals surface area contributed by atoms with E-state index >= 15 is 0 Å². The maximum atomic E-state index is 6.52. The highest BCUT2D eigenvalue weighted by Crippen LogP contribution is 2.43. The Balaban J connectivity index is 1.19. The topological polar surface area (TPSA) is 43.9 Å². The van der Waals surface area contributed by atoms with E-state index in [4.69, 9.17) is 14.4 Å². The van der Waals surface area contributed by atoms with E-state index in [1.54, 1.807) is 11.3 Å². The molecule has 5 aromatic heterocycles. The maximum Gasteiger partial charge on any atom is 0.236 e. The summed E-state index contributed by atoms with van der Waals surface area (Å²) in [5.74, 6) is 0.665. The summed E-state index contributed by atoms with van der Waals surface area (Å²) in [5.41, 5.74) is 5.97. The second-order valence-electron chi connectivity index (χ2n) is 12.9. The molecule has 12 aromatic rings. The second-order valence-corrected chi connectivity index (χ2v) is 15.1. The summed E-state index contributed by atoms with van der Waals surface area (Å²) < 4.78 is 12.5. The molecule has 4 nitrogen and oxygen atoms in total. The molecule has 232 valence electrons. The molecule has 6 heteroatoms. The van der Waals surface area contributed by atoms with Crippen molar-refractivity contribution in [3.63, 3.8) is 0 Å². The van der Waals surface area contributed by atoms with Crippen LogP contribution in [0.25, 0.3) is 112 Å². The number of rotatable bonds is 2. The Morgan fingerprint density at radius 1 is 0.480 bits per heavy atom. The Morgan fingerprint density at radius 3 is 2.10 bits per heavy atom. The van der Waals surface area contributed by atoms with Gasteiger partial charge in [-0.05, 0) is 53.9 Å². The fraction of sp³-hybridized carbons (Fsp3) is 0. The quantitative estimate of drug-likeness (QED) is 0.183. The van der Waals surface area contributed by atoms with Crippen molar-refractivity contribution in [2.75, 3.05) is 0 Å². The van der Waals surface area contributed by atoms with Gasteiger partial charge in [-0.25, -0.2) is 9.97 Å². The zero-order valence-corrected chi connectivity index (χ0v) is 28.0. The summed E-state index contributed by atoms with van der Waals surface area (Å²) >= 11 is 3.57. The summed E-state index contributed by atoms with van der Waals surface area (Å²) in [4.78, 5) is 11.9. The first kappa shape index (κ1) is 26.8. The van der Waals surface area contributed by atoms with Crippen LogP contribution in [-0.4, -0.2) is 14.5 Å². The van der Waals surface area contributed by atoms with E-state index in [2.05, 4.69) is 132 Å². The predicted molar refractivity (Wildman–Crippen MR) is 212 cm³/mol. The van der Waals surface area contributed by atoms with Gasteiger partial charge in [0.25, 0.3) is 0 Å². The maximum absolute atomic E-state index is 6.52. The van der Waals surface area contributed by atoms with Crippen LogP contribution in [0.1, 0.15) is 0 Å². The zero-order chi connectivity index (χ0) is 32.5. The van der Waals surface area contributed by atoms with Crippen molar-refractivity contribution in [2.45, 2.75) is 0 Å². The number of fused-ring (bicyclic) bond motifs is 14. The van der Waals surface area contributed by atoms with Gasteiger partial charge >= 0.3 is 0 Å². The highest BCUT2D eigenvalue weighted by Gasteiger charge is 2.22. The van der Waals surface area contributed by atoms with Crippen molar-refractivity contribution >= 4 is 118 Å². The average Bonchev–Trinajstić information content (AvgIpc) is 3.92. The van der Waals surface area contributed by atoms with Crippen LogP contribution in [-0.2, 0) is 0 Å². The molecule has 0 saturated heterocycles. The lowest BCUT2D eigenvalue weighted by Gasteiger charge is -2.11. The summed E-state index contributed by atoms with van der Waals surface area (Å²) in [6.07, 6.45) is 0. The van der Waals surface area contributed by atoms with Gasteiger partial charge in [0.2, 0.25) is 5.95 Å². The van der Waals surface area contributed by atoms with Crippen LogP contribution in [0, 0.1) is 0 Å². The molecule has 0 amide bonds. The fourth-order valence-electron chi connectivity index (χ4n) is 7.98. The number of nitrogens with zero attached hydrogens (tertiary/aromatic N) is 3. The van der Waals surface area contributed by atoms with Crippen LogP contribution < -0.4 is 0 Å². The highest BCUT2D eigenvalue weighted by atomic mass is 32.1. The molecule has 12 rings (SSSR count). The molecule has 50 heavy (non-hydrogen) atoms. The van der Waals surface area contributed by atoms with Crippen molar-refractivity contribution in [1.29, 1.82) is 0 Å². The van der Waals surface area contributed by atoms with Crippen LogP contribution in [0.5, 0.6) is 0 Å². The Hall–Kier alpha value is -6.08. The van der Waals surface area contributed by atoms with Crippen molar-refractivity contribution in [3.05, 3.63) is 140 Å². The van der Waals surface area contributed by atoms with Crippen LogP contribution in [0.4, 0.5) is 0 Å². The fourth-order valence-corrected chi connectivity index (χ4v) is 10.2. The Kier molecular flexibility index (Phi) is 5.23. The van der Waals surface area contributed by atoms with Crippen molar-refractivity contribution < 1.29 is 4.42 Å². The lowest BCUT2D eigenvalue weighted by molar-refractivity contribution is 0.672. The summed E-state index contributed by atoms with van der Waals surface area (Å²) in [7, 11) is 0. The first-order valence-corrected chi connectivity index (χ1v) is 18.3.